The van der Waals surface area contributed by atoms with E-state index in [9.17, 15) is 14.0 Å². The third kappa shape index (κ3) is 9.58. The smallest absolute Gasteiger partial charge is 0.226 e. The van der Waals surface area contributed by atoms with Crippen molar-refractivity contribution >= 4 is 11.8 Å². The van der Waals surface area contributed by atoms with Gasteiger partial charge in [-0.3, -0.25) is 14.3 Å². The molecule has 3 aromatic carbocycles. The number of nitrogens with one attached hydrogen (secondary N) is 1. The van der Waals surface area contributed by atoms with E-state index >= 15 is 0 Å². The summed E-state index contributed by atoms with van der Waals surface area (Å²) in [7, 11) is 0. The van der Waals surface area contributed by atoms with Crippen LogP contribution in [0.5, 0.6) is 5.75 Å². The molecule has 2 amide bonds. The largest absolute Gasteiger partial charge is 0.489 e. The Balaban J connectivity index is 1.16. The highest BCUT2D eigenvalue weighted by molar-refractivity contribution is 5.79. The number of halogens is 1. The molecule has 2 atom stereocenters. The fourth-order valence-corrected chi connectivity index (χ4v) is 8.23. The van der Waals surface area contributed by atoms with Crippen LogP contribution in [0.4, 0.5) is 4.39 Å². The molecule has 1 saturated heterocycles. The van der Waals surface area contributed by atoms with Crippen molar-refractivity contribution in [3.8, 4) is 5.75 Å². The van der Waals surface area contributed by atoms with Crippen molar-refractivity contribution in [1.82, 2.24) is 25.0 Å². The van der Waals surface area contributed by atoms with Gasteiger partial charge in [-0.1, -0.05) is 73.9 Å². The van der Waals surface area contributed by atoms with Crippen molar-refractivity contribution in [3.63, 3.8) is 0 Å². The van der Waals surface area contributed by atoms with E-state index in [2.05, 4.69) is 15.4 Å². The minimum atomic E-state index is -0.372. The summed E-state index contributed by atoms with van der Waals surface area (Å²) in [6, 6.07) is 24.2. The van der Waals surface area contributed by atoms with Gasteiger partial charge in [0.25, 0.3) is 0 Å². The Labute approximate surface area is 295 Å². The third-order valence-corrected chi connectivity index (χ3v) is 10.9. The zero-order valence-corrected chi connectivity index (χ0v) is 29.2. The molecule has 0 radical (unpaired) electrons. The highest BCUT2D eigenvalue weighted by atomic mass is 19.1. The topological polar surface area (TPSA) is 89.4 Å². The van der Waals surface area contributed by atoms with Gasteiger partial charge in [0.1, 0.15) is 30.8 Å². The second-order valence-corrected chi connectivity index (χ2v) is 14.4. The zero-order chi connectivity index (χ0) is 34.8. The molecular weight excluding hydrogens is 629 g/mol. The van der Waals surface area contributed by atoms with Gasteiger partial charge < -0.3 is 15.0 Å². The lowest BCUT2D eigenvalue weighted by Gasteiger charge is -2.48. The number of likely N-dealkylation sites (tertiary alicyclic amines) is 1. The van der Waals surface area contributed by atoms with Gasteiger partial charge in [0.15, 0.2) is 0 Å². The fraction of sp³-hybridized carbons (Fsp3) is 0.463. The van der Waals surface area contributed by atoms with Crippen LogP contribution in [0.25, 0.3) is 0 Å². The molecule has 2 aliphatic rings. The summed E-state index contributed by atoms with van der Waals surface area (Å²) in [5.74, 6) is 0.694. The van der Waals surface area contributed by atoms with Gasteiger partial charge in [-0.25, -0.2) is 9.37 Å². The molecule has 50 heavy (non-hydrogen) atoms. The number of nitrogens with zero attached hydrogens (tertiary/aromatic N) is 4. The maximum atomic E-state index is 14.5. The summed E-state index contributed by atoms with van der Waals surface area (Å²) in [5.41, 5.74) is 3.15. The molecule has 0 bridgehead atoms. The van der Waals surface area contributed by atoms with Gasteiger partial charge in [0.2, 0.25) is 11.8 Å². The molecule has 0 spiro atoms. The Morgan fingerprint density at radius 1 is 0.900 bits per heavy atom. The number of aromatic nitrogens is 3. The lowest BCUT2D eigenvalue weighted by atomic mass is 9.63. The monoisotopic (exact) mass is 679 g/mol. The number of carbonyl (C=O) groups excluding carboxylic acids is 2. The number of hydrogen-bond acceptors (Lipinski definition) is 5. The van der Waals surface area contributed by atoms with E-state index in [1.54, 1.807) is 18.5 Å². The van der Waals surface area contributed by atoms with Crippen LogP contribution in [0.2, 0.25) is 0 Å². The van der Waals surface area contributed by atoms with E-state index in [1.807, 2.05) is 70.5 Å². The number of carbonyl (C=O) groups is 2. The summed E-state index contributed by atoms with van der Waals surface area (Å²) in [6.45, 7) is 4.23. The number of amides is 2. The SMILES string of the molecule is CC(=O)N[C@H](Cc1ccc(OCc2ccccc2)cc1)C[C@H](Cc1ccc(F)cc1)C(=O)N1CCC(Cn2cncn2)(C2CCCCC2)CC1. The molecule has 264 valence electrons. The van der Waals surface area contributed by atoms with E-state index in [0.717, 1.165) is 41.8 Å². The zero-order valence-electron chi connectivity index (χ0n) is 29.2. The summed E-state index contributed by atoms with van der Waals surface area (Å²) in [6.07, 6.45) is 13.1. The van der Waals surface area contributed by atoms with Gasteiger partial charge >= 0.3 is 0 Å². The molecule has 1 aliphatic heterocycles. The number of piperidine rings is 1. The van der Waals surface area contributed by atoms with E-state index in [1.165, 1.54) is 51.2 Å². The Morgan fingerprint density at radius 3 is 2.24 bits per heavy atom. The van der Waals surface area contributed by atoms with Crippen LogP contribution in [0.3, 0.4) is 0 Å². The molecule has 6 rings (SSSR count). The molecule has 9 heteroatoms. The molecule has 8 nitrogen and oxygen atoms in total. The molecule has 2 fully saturated rings. The molecule has 1 aliphatic carbocycles. The molecule has 2 heterocycles. The van der Waals surface area contributed by atoms with Gasteiger partial charge in [-0.15, -0.1) is 0 Å². The van der Waals surface area contributed by atoms with Gasteiger partial charge in [-0.2, -0.15) is 5.10 Å². The standard InChI is InChI=1S/C41H50FN5O3/c1-31(48)45-38(25-33-14-18-39(19-15-33)50-27-34-8-4-2-5-9-34)26-35(24-32-12-16-37(42)17-13-32)40(49)46-22-20-41(21-23-46,28-47-30-43-29-44-47)36-10-6-3-7-11-36/h2,4-5,8-9,12-19,29-30,35-36,38H,3,6-7,10-11,20-28H2,1H3,(H,45,48)/t35-,38+/m0/s1. The van der Waals surface area contributed by atoms with Crippen molar-refractivity contribution in [2.45, 2.75) is 90.3 Å². The van der Waals surface area contributed by atoms with Crippen LogP contribution in [-0.2, 0) is 35.6 Å². The van der Waals surface area contributed by atoms with Crippen LogP contribution in [0.1, 0.15) is 75.0 Å². The normalized spacial score (nSPS) is 17.5. The predicted molar refractivity (Wildman–Crippen MR) is 192 cm³/mol. The molecule has 1 N–H and O–H groups in total. The van der Waals surface area contributed by atoms with Crippen LogP contribution in [0.15, 0.2) is 91.5 Å². The third-order valence-electron chi connectivity index (χ3n) is 10.9. The summed E-state index contributed by atoms with van der Waals surface area (Å²) < 4.78 is 21.8. The van der Waals surface area contributed by atoms with Crippen molar-refractivity contribution in [2.75, 3.05) is 13.1 Å². The van der Waals surface area contributed by atoms with Crippen LogP contribution >= 0.6 is 0 Å². The van der Waals surface area contributed by atoms with Crippen molar-refractivity contribution in [1.29, 1.82) is 0 Å². The van der Waals surface area contributed by atoms with Gasteiger partial charge in [0, 0.05) is 38.5 Å². The second-order valence-electron chi connectivity index (χ2n) is 14.4. The first kappa shape index (κ1) is 35.3. The van der Waals surface area contributed by atoms with Crippen LogP contribution in [-0.4, -0.2) is 50.6 Å². The molecule has 1 saturated carbocycles. The van der Waals surface area contributed by atoms with E-state index < -0.39 is 0 Å². The molecule has 0 unspecified atom stereocenters. The number of ether oxygens (including phenoxy) is 1. The lowest BCUT2D eigenvalue weighted by molar-refractivity contribution is -0.140. The minimum absolute atomic E-state index is 0.0903. The maximum Gasteiger partial charge on any atom is 0.226 e. The summed E-state index contributed by atoms with van der Waals surface area (Å²) in [4.78, 5) is 33.2. The van der Waals surface area contributed by atoms with Crippen molar-refractivity contribution in [3.05, 3.63) is 114 Å². The Kier molecular flexibility index (Phi) is 11.9. The highest BCUT2D eigenvalue weighted by Crippen LogP contribution is 2.47. The fourth-order valence-electron chi connectivity index (χ4n) is 8.23. The lowest BCUT2D eigenvalue weighted by Crippen LogP contribution is -2.50. The predicted octanol–water partition coefficient (Wildman–Crippen LogP) is 7.18. The maximum absolute atomic E-state index is 14.5. The average Bonchev–Trinajstić information content (AvgIpc) is 3.65. The Morgan fingerprint density at radius 2 is 1.58 bits per heavy atom. The van der Waals surface area contributed by atoms with Crippen LogP contribution < -0.4 is 10.1 Å². The van der Waals surface area contributed by atoms with Crippen LogP contribution in [0, 0.1) is 23.1 Å². The molecule has 4 aromatic rings. The molecule has 1 aromatic heterocycles. The number of rotatable bonds is 14. The minimum Gasteiger partial charge on any atom is -0.489 e. The Bertz CT molecular complexity index is 1630. The quantitative estimate of drug-likeness (QED) is 0.153. The first-order chi connectivity index (χ1) is 24.3. The molecular formula is C41H50FN5O3. The first-order valence-corrected chi connectivity index (χ1v) is 18.2. The van der Waals surface area contributed by atoms with Gasteiger partial charge in [-0.05, 0) is 97.2 Å². The number of benzene rings is 3. The highest BCUT2D eigenvalue weighted by Gasteiger charge is 2.44. The average molecular weight is 680 g/mol. The van der Waals surface area contributed by atoms with E-state index in [0.29, 0.717) is 44.9 Å². The Hall–Kier alpha value is -4.53. The summed E-state index contributed by atoms with van der Waals surface area (Å²) >= 11 is 0. The van der Waals surface area contributed by atoms with Gasteiger partial charge in [0.05, 0.1) is 0 Å². The van der Waals surface area contributed by atoms with E-state index in [4.69, 9.17) is 4.74 Å². The number of hydrogen-bond donors (Lipinski definition) is 1. The van der Waals surface area contributed by atoms with E-state index in [-0.39, 0.29) is 35.0 Å². The summed E-state index contributed by atoms with van der Waals surface area (Å²) in [5, 5.41) is 7.60. The van der Waals surface area contributed by atoms with Crippen molar-refractivity contribution in [2.24, 2.45) is 17.3 Å². The first-order valence-electron chi connectivity index (χ1n) is 18.2. The van der Waals surface area contributed by atoms with Crippen molar-refractivity contribution < 1.29 is 18.7 Å². The second kappa shape index (κ2) is 16.9.